The number of aromatic nitrogens is 2. The molecule has 1 amide bonds. The van der Waals surface area contributed by atoms with Crippen molar-refractivity contribution in [3.8, 4) is 17.2 Å². The largest absolute Gasteiger partial charge is 0.486 e. The summed E-state index contributed by atoms with van der Waals surface area (Å²) in [7, 11) is 0. The predicted molar refractivity (Wildman–Crippen MR) is 154 cm³/mol. The van der Waals surface area contributed by atoms with Gasteiger partial charge in [-0.2, -0.15) is 0 Å². The summed E-state index contributed by atoms with van der Waals surface area (Å²) in [6.45, 7) is 2.42. The Kier molecular flexibility index (Phi) is 7.85. The third-order valence-electron chi connectivity index (χ3n) is 7.45. The van der Waals surface area contributed by atoms with Crippen LogP contribution in [-0.4, -0.2) is 58.0 Å². The molecule has 8 nitrogen and oxygen atoms in total. The highest BCUT2D eigenvalue weighted by molar-refractivity contribution is 7.99. The summed E-state index contributed by atoms with van der Waals surface area (Å²) in [5, 5.41) is 4.53. The molecule has 1 saturated carbocycles. The SMILES string of the molecule is O=C(CCNCC1COc2ccccc2O1)N1CCc2nc(SC3CCC3)n(-c3ccccc3S)c(=O)c2C1. The number of ether oxygens (including phenoxy) is 2. The minimum absolute atomic E-state index is 0.0211. The van der Waals surface area contributed by atoms with Gasteiger partial charge in [-0.25, -0.2) is 4.98 Å². The number of nitrogens with one attached hydrogen (secondary N) is 1. The summed E-state index contributed by atoms with van der Waals surface area (Å²) in [5.41, 5.74) is 2.04. The normalized spacial score (nSPS) is 18.4. The lowest BCUT2D eigenvalue weighted by Crippen LogP contribution is -2.43. The zero-order valence-corrected chi connectivity index (χ0v) is 23.4. The van der Waals surface area contributed by atoms with Crippen molar-refractivity contribution in [2.24, 2.45) is 0 Å². The number of rotatable bonds is 8. The van der Waals surface area contributed by atoms with Crippen LogP contribution in [0.2, 0.25) is 0 Å². The Morgan fingerprint density at radius 1 is 1.13 bits per heavy atom. The fraction of sp³-hybridized carbons (Fsp3) is 0.414. The molecule has 0 saturated heterocycles. The molecule has 204 valence electrons. The van der Waals surface area contributed by atoms with Gasteiger partial charge in [0.15, 0.2) is 16.7 Å². The molecule has 3 aliphatic rings. The second kappa shape index (κ2) is 11.7. The zero-order valence-electron chi connectivity index (χ0n) is 21.7. The minimum atomic E-state index is -0.108. The first kappa shape index (κ1) is 26.3. The van der Waals surface area contributed by atoms with Crippen LogP contribution in [0, 0.1) is 0 Å². The molecule has 1 fully saturated rings. The van der Waals surface area contributed by atoms with Gasteiger partial charge in [-0.1, -0.05) is 42.4 Å². The molecule has 0 bridgehead atoms. The van der Waals surface area contributed by atoms with Gasteiger partial charge in [0.25, 0.3) is 5.56 Å². The summed E-state index contributed by atoms with van der Waals surface area (Å²) in [6, 6.07) is 15.2. The average molecular weight is 565 g/mol. The van der Waals surface area contributed by atoms with Gasteiger partial charge >= 0.3 is 0 Å². The lowest BCUT2D eigenvalue weighted by atomic mass is 10.0. The first-order chi connectivity index (χ1) is 19.1. The van der Waals surface area contributed by atoms with Crippen molar-refractivity contribution in [1.82, 2.24) is 19.8 Å². The summed E-state index contributed by atoms with van der Waals surface area (Å²) in [5.74, 6) is 1.52. The van der Waals surface area contributed by atoms with Crippen molar-refractivity contribution in [2.75, 3.05) is 26.2 Å². The monoisotopic (exact) mass is 564 g/mol. The third kappa shape index (κ3) is 5.69. The fourth-order valence-corrected chi connectivity index (χ4v) is 6.61. The molecular weight excluding hydrogens is 532 g/mol. The number of amides is 1. The first-order valence-corrected chi connectivity index (χ1v) is 14.9. The van der Waals surface area contributed by atoms with E-state index in [0.717, 1.165) is 45.8 Å². The number of benzene rings is 2. The standard InChI is InChI=1S/C29H32N4O4S2/c34-27(12-14-30-16-19-18-36-24-9-2-3-10-25(24)37-19)32-15-13-22-21(17-32)28(35)33(23-8-1-4-11-26(23)38)29(31-22)39-20-6-5-7-20/h1-4,8-11,19-20,30,38H,5-7,12-18H2. The van der Waals surface area contributed by atoms with Gasteiger partial charge in [0.05, 0.1) is 23.5 Å². The van der Waals surface area contributed by atoms with E-state index >= 15 is 0 Å². The van der Waals surface area contributed by atoms with E-state index in [2.05, 4.69) is 17.9 Å². The van der Waals surface area contributed by atoms with Crippen LogP contribution in [0.15, 0.2) is 63.4 Å². The highest BCUT2D eigenvalue weighted by Crippen LogP contribution is 2.37. The third-order valence-corrected chi connectivity index (χ3v) is 9.12. The van der Waals surface area contributed by atoms with E-state index in [9.17, 15) is 9.59 Å². The van der Waals surface area contributed by atoms with Crippen LogP contribution < -0.4 is 20.3 Å². The summed E-state index contributed by atoms with van der Waals surface area (Å²) in [4.78, 5) is 34.4. The van der Waals surface area contributed by atoms with Crippen LogP contribution in [0.5, 0.6) is 11.5 Å². The highest BCUT2D eigenvalue weighted by Gasteiger charge is 2.29. The number of carbonyl (C=O) groups excluding carboxylic acids is 1. The molecule has 2 aromatic carbocycles. The van der Waals surface area contributed by atoms with Gasteiger partial charge in [0.1, 0.15) is 12.7 Å². The zero-order chi connectivity index (χ0) is 26.8. The number of hydrogen-bond donors (Lipinski definition) is 2. The number of nitrogens with zero attached hydrogens (tertiary/aromatic N) is 3. The van der Waals surface area contributed by atoms with Gasteiger partial charge in [-0.15, -0.1) is 12.6 Å². The number of thiol groups is 1. The van der Waals surface area contributed by atoms with Gasteiger partial charge in [-0.3, -0.25) is 14.2 Å². The lowest BCUT2D eigenvalue weighted by molar-refractivity contribution is -0.132. The van der Waals surface area contributed by atoms with Crippen molar-refractivity contribution in [3.63, 3.8) is 0 Å². The van der Waals surface area contributed by atoms with E-state index < -0.39 is 0 Å². The Labute approximate surface area is 237 Å². The van der Waals surface area contributed by atoms with E-state index in [1.165, 1.54) is 6.42 Å². The van der Waals surface area contributed by atoms with Crippen molar-refractivity contribution < 1.29 is 14.3 Å². The van der Waals surface area contributed by atoms with Gasteiger partial charge in [0, 0.05) is 42.6 Å². The van der Waals surface area contributed by atoms with Crippen LogP contribution in [0.1, 0.15) is 36.9 Å². The fourth-order valence-electron chi connectivity index (χ4n) is 5.03. The van der Waals surface area contributed by atoms with Crippen LogP contribution in [0.3, 0.4) is 0 Å². The smallest absolute Gasteiger partial charge is 0.264 e. The van der Waals surface area contributed by atoms with Crippen molar-refractivity contribution in [3.05, 3.63) is 70.1 Å². The van der Waals surface area contributed by atoms with Crippen LogP contribution >= 0.6 is 24.4 Å². The van der Waals surface area contributed by atoms with Crippen LogP contribution in [0.25, 0.3) is 5.69 Å². The molecular formula is C29H32N4O4S2. The van der Waals surface area contributed by atoms with E-state index in [1.54, 1.807) is 21.2 Å². The second-order valence-electron chi connectivity index (χ2n) is 10.1. The van der Waals surface area contributed by atoms with Crippen molar-refractivity contribution in [1.29, 1.82) is 0 Å². The number of carbonyl (C=O) groups is 1. The number of para-hydroxylation sites is 3. The highest BCUT2D eigenvalue weighted by atomic mass is 32.2. The summed E-state index contributed by atoms with van der Waals surface area (Å²) in [6.07, 6.45) is 4.32. The molecule has 3 aromatic rings. The first-order valence-electron chi connectivity index (χ1n) is 13.5. The molecule has 39 heavy (non-hydrogen) atoms. The minimum Gasteiger partial charge on any atom is -0.486 e. The predicted octanol–water partition coefficient (Wildman–Crippen LogP) is 3.87. The molecule has 1 unspecified atom stereocenters. The molecule has 2 aliphatic heterocycles. The molecule has 1 aliphatic carbocycles. The Morgan fingerprint density at radius 3 is 2.72 bits per heavy atom. The van der Waals surface area contributed by atoms with E-state index in [-0.39, 0.29) is 24.1 Å². The molecule has 10 heteroatoms. The van der Waals surface area contributed by atoms with Crippen molar-refractivity contribution in [2.45, 2.75) is 60.1 Å². The Hall–Kier alpha value is -2.95. The van der Waals surface area contributed by atoms with Gasteiger partial charge < -0.3 is 19.7 Å². The lowest BCUT2D eigenvalue weighted by Gasteiger charge is -2.30. The van der Waals surface area contributed by atoms with Gasteiger partial charge in [-0.05, 0) is 37.1 Å². The van der Waals surface area contributed by atoms with Gasteiger partial charge in [0.2, 0.25) is 5.91 Å². The summed E-state index contributed by atoms with van der Waals surface area (Å²) < 4.78 is 13.4. The second-order valence-corrected chi connectivity index (χ2v) is 11.9. The number of thioether (sulfide) groups is 1. The van der Waals surface area contributed by atoms with Crippen LogP contribution in [-0.2, 0) is 17.8 Å². The maximum absolute atomic E-state index is 13.9. The topological polar surface area (TPSA) is 85.7 Å². The molecule has 1 N–H and O–H groups in total. The molecule has 3 heterocycles. The Bertz CT molecular complexity index is 1420. The maximum Gasteiger partial charge on any atom is 0.264 e. The molecule has 1 atom stereocenters. The van der Waals surface area contributed by atoms with E-state index in [0.29, 0.717) is 49.9 Å². The number of fused-ring (bicyclic) bond motifs is 2. The Morgan fingerprint density at radius 2 is 1.92 bits per heavy atom. The summed E-state index contributed by atoms with van der Waals surface area (Å²) >= 11 is 6.31. The average Bonchev–Trinajstić information content (AvgIpc) is 2.93. The van der Waals surface area contributed by atoms with Crippen molar-refractivity contribution >= 4 is 30.3 Å². The molecule has 0 radical (unpaired) electrons. The maximum atomic E-state index is 13.9. The van der Waals surface area contributed by atoms with Crippen LogP contribution in [0.4, 0.5) is 0 Å². The molecule has 0 spiro atoms. The Balaban J connectivity index is 1.11. The van der Waals surface area contributed by atoms with E-state index in [4.69, 9.17) is 14.5 Å². The molecule has 1 aromatic heterocycles. The number of hydrogen-bond acceptors (Lipinski definition) is 8. The van der Waals surface area contributed by atoms with E-state index in [1.807, 2.05) is 48.5 Å². The molecule has 6 rings (SSSR count). The quantitative estimate of drug-likeness (QED) is 0.244.